The molecule has 8 heteroatoms. The minimum absolute atomic E-state index is 0.0435. The van der Waals surface area contributed by atoms with Crippen molar-refractivity contribution in [2.75, 3.05) is 0 Å². The van der Waals surface area contributed by atoms with Crippen LogP contribution in [-0.4, -0.2) is 16.1 Å². The molecule has 0 bridgehead atoms. The van der Waals surface area contributed by atoms with Crippen LogP contribution in [0, 0.1) is 0 Å². The van der Waals surface area contributed by atoms with Crippen LogP contribution < -0.4 is 0 Å². The topological polar surface area (TPSA) is 50.2 Å². The van der Waals surface area contributed by atoms with Gasteiger partial charge in [-0.05, 0) is 18.2 Å². The molecule has 0 saturated heterocycles. The average Bonchev–Trinajstić information content (AvgIpc) is 2.25. The van der Waals surface area contributed by atoms with Crippen LogP contribution in [0.25, 0.3) is 10.9 Å². The Morgan fingerprint density at radius 2 is 1.84 bits per heavy atom. The molecule has 1 aromatic heterocycles. The molecule has 0 aliphatic heterocycles. The zero-order valence-electron chi connectivity index (χ0n) is 8.92. The molecular weight excluding hydrogens is 306 g/mol. The summed E-state index contributed by atoms with van der Waals surface area (Å²) in [4.78, 5) is 14.4. The van der Waals surface area contributed by atoms with E-state index in [2.05, 4.69) is 4.98 Å². The van der Waals surface area contributed by atoms with Gasteiger partial charge >= 0.3 is 12.1 Å². The molecule has 1 N–H and O–H groups in total. The highest BCUT2D eigenvalue weighted by Crippen LogP contribution is 2.34. The number of carbonyl (C=O) groups is 1. The Hall–Kier alpha value is -1.53. The molecule has 2 aromatic rings. The molecule has 0 aliphatic rings. The molecule has 100 valence electrons. The van der Waals surface area contributed by atoms with Gasteiger partial charge in [0.25, 0.3) is 0 Å². The van der Waals surface area contributed by atoms with E-state index >= 15 is 0 Å². The maximum Gasteiger partial charge on any atom is 0.433 e. The highest BCUT2D eigenvalue weighted by Gasteiger charge is 2.34. The minimum atomic E-state index is -4.76. The van der Waals surface area contributed by atoms with Gasteiger partial charge < -0.3 is 5.11 Å². The largest absolute Gasteiger partial charge is 0.478 e. The predicted molar refractivity (Wildman–Crippen MR) is 63.7 cm³/mol. The van der Waals surface area contributed by atoms with Crippen molar-refractivity contribution in [3.05, 3.63) is 39.5 Å². The molecule has 1 heterocycles. The van der Waals surface area contributed by atoms with Crippen LogP contribution in [0.4, 0.5) is 13.2 Å². The van der Waals surface area contributed by atoms with Gasteiger partial charge in [-0.3, -0.25) is 0 Å². The summed E-state index contributed by atoms with van der Waals surface area (Å²) in [5.41, 5.74) is -2.12. The molecule has 3 nitrogen and oxygen atoms in total. The van der Waals surface area contributed by atoms with E-state index in [4.69, 9.17) is 28.3 Å². The van der Waals surface area contributed by atoms with Gasteiger partial charge in [0.15, 0.2) is 0 Å². The second-order valence-corrected chi connectivity index (χ2v) is 4.49. The van der Waals surface area contributed by atoms with E-state index in [1.165, 1.54) is 12.1 Å². The molecule has 0 atom stereocenters. The van der Waals surface area contributed by atoms with Crippen molar-refractivity contribution in [3.63, 3.8) is 0 Å². The quantitative estimate of drug-likeness (QED) is 0.856. The zero-order chi connectivity index (χ0) is 14.4. The Kier molecular flexibility index (Phi) is 3.32. The number of alkyl halides is 3. The first-order valence-corrected chi connectivity index (χ1v) is 5.56. The number of aromatic carboxylic acids is 1. The van der Waals surface area contributed by atoms with Crippen molar-refractivity contribution in [2.45, 2.75) is 6.18 Å². The van der Waals surface area contributed by atoms with Gasteiger partial charge in [0, 0.05) is 10.4 Å². The smallest absolute Gasteiger partial charge is 0.433 e. The number of hydrogen-bond acceptors (Lipinski definition) is 2. The minimum Gasteiger partial charge on any atom is -0.478 e. The fourth-order valence-electron chi connectivity index (χ4n) is 1.57. The summed E-state index contributed by atoms with van der Waals surface area (Å²) < 4.78 is 37.9. The van der Waals surface area contributed by atoms with Crippen LogP contribution in [0.2, 0.25) is 10.0 Å². The number of pyridine rings is 1. The third kappa shape index (κ3) is 2.59. The van der Waals surface area contributed by atoms with Crippen molar-refractivity contribution in [1.29, 1.82) is 0 Å². The number of hydrogen-bond donors (Lipinski definition) is 1. The number of fused-ring (bicyclic) bond motifs is 1. The number of carboxylic acid groups (broad SMARTS) is 1. The highest BCUT2D eigenvalue weighted by molar-refractivity contribution is 6.38. The highest BCUT2D eigenvalue weighted by atomic mass is 35.5. The first-order valence-electron chi connectivity index (χ1n) is 4.80. The molecule has 0 unspecified atom stereocenters. The molecule has 0 saturated carbocycles. The molecule has 0 aliphatic carbocycles. The first-order chi connectivity index (χ1) is 8.70. The Morgan fingerprint density at radius 3 is 2.37 bits per heavy atom. The Balaban J connectivity index is 2.92. The number of carboxylic acids is 1. The van der Waals surface area contributed by atoms with E-state index in [1.54, 1.807) is 0 Å². The molecular formula is C11H4Cl2F3NO2. The number of halogens is 5. The summed E-state index contributed by atoms with van der Waals surface area (Å²) in [6.07, 6.45) is -4.76. The van der Waals surface area contributed by atoms with Gasteiger partial charge in [-0.25, -0.2) is 9.78 Å². The second kappa shape index (κ2) is 4.54. The van der Waals surface area contributed by atoms with Crippen molar-refractivity contribution < 1.29 is 23.1 Å². The number of benzene rings is 1. The van der Waals surface area contributed by atoms with Crippen molar-refractivity contribution >= 4 is 40.1 Å². The van der Waals surface area contributed by atoms with Crippen LogP contribution in [0.3, 0.4) is 0 Å². The second-order valence-electron chi connectivity index (χ2n) is 3.64. The van der Waals surface area contributed by atoms with Gasteiger partial charge in [-0.15, -0.1) is 0 Å². The lowest BCUT2D eigenvalue weighted by Crippen LogP contribution is -2.11. The predicted octanol–water partition coefficient (Wildman–Crippen LogP) is 4.26. The number of rotatable bonds is 1. The Bertz CT molecular complexity index is 686. The maximum atomic E-state index is 12.6. The first kappa shape index (κ1) is 13.9. The average molecular weight is 310 g/mol. The molecule has 0 spiro atoms. The standard InChI is InChI=1S/C11H4Cl2F3NO2/c12-4-1-5-6(10(18)19)3-8(11(14,15)16)17-9(5)7(13)2-4/h1-3H,(H,18,19). The van der Waals surface area contributed by atoms with Gasteiger partial charge in [0.05, 0.1) is 16.1 Å². The van der Waals surface area contributed by atoms with Crippen LogP contribution in [0.1, 0.15) is 16.1 Å². The molecule has 0 amide bonds. The summed E-state index contributed by atoms with van der Waals surface area (Å²) in [6, 6.07) is 2.86. The normalized spacial score (nSPS) is 11.8. The van der Waals surface area contributed by atoms with Gasteiger partial charge in [-0.2, -0.15) is 13.2 Å². The van der Waals surface area contributed by atoms with Gasteiger partial charge in [0.2, 0.25) is 0 Å². The summed E-state index contributed by atoms with van der Waals surface area (Å²) >= 11 is 11.5. The van der Waals surface area contributed by atoms with E-state index in [-0.39, 0.29) is 20.9 Å². The lowest BCUT2D eigenvalue weighted by molar-refractivity contribution is -0.140. The molecule has 19 heavy (non-hydrogen) atoms. The summed E-state index contributed by atoms with van der Waals surface area (Å²) in [7, 11) is 0. The van der Waals surface area contributed by atoms with Crippen LogP contribution >= 0.6 is 23.2 Å². The molecule has 1 aromatic carbocycles. The third-order valence-electron chi connectivity index (χ3n) is 2.35. The summed E-state index contributed by atoms with van der Waals surface area (Å²) in [5.74, 6) is -1.52. The summed E-state index contributed by atoms with van der Waals surface area (Å²) in [5, 5.41) is 8.90. The van der Waals surface area contributed by atoms with Gasteiger partial charge in [-0.1, -0.05) is 23.2 Å². The molecule has 0 fully saturated rings. The SMILES string of the molecule is O=C(O)c1cc(C(F)(F)F)nc2c(Cl)cc(Cl)cc12. The number of nitrogens with zero attached hydrogens (tertiary/aromatic N) is 1. The Labute approximate surface area is 114 Å². The van der Waals surface area contributed by atoms with E-state index in [1.807, 2.05) is 0 Å². The lowest BCUT2D eigenvalue weighted by Gasteiger charge is -2.10. The van der Waals surface area contributed by atoms with Crippen molar-refractivity contribution in [3.8, 4) is 0 Å². The van der Waals surface area contributed by atoms with Gasteiger partial charge in [0.1, 0.15) is 5.69 Å². The number of aromatic nitrogens is 1. The van der Waals surface area contributed by atoms with Crippen LogP contribution in [0.5, 0.6) is 0 Å². The van der Waals surface area contributed by atoms with E-state index in [0.29, 0.717) is 6.07 Å². The lowest BCUT2D eigenvalue weighted by atomic mass is 10.1. The van der Waals surface area contributed by atoms with Crippen LogP contribution in [0.15, 0.2) is 18.2 Å². The monoisotopic (exact) mass is 309 g/mol. The van der Waals surface area contributed by atoms with E-state index < -0.39 is 23.4 Å². The molecule has 2 rings (SSSR count). The third-order valence-corrected chi connectivity index (χ3v) is 2.86. The molecule has 0 radical (unpaired) electrons. The fraction of sp³-hybridized carbons (Fsp3) is 0.0909. The van der Waals surface area contributed by atoms with Crippen LogP contribution in [-0.2, 0) is 6.18 Å². The summed E-state index contributed by atoms with van der Waals surface area (Å²) in [6.45, 7) is 0. The maximum absolute atomic E-state index is 12.6. The zero-order valence-corrected chi connectivity index (χ0v) is 10.4. The van der Waals surface area contributed by atoms with Crippen molar-refractivity contribution in [1.82, 2.24) is 4.98 Å². The fourth-order valence-corrected chi connectivity index (χ4v) is 2.11. The van der Waals surface area contributed by atoms with E-state index in [9.17, 15) is 18.0 Å². The van der Waals surface area contributed by atoms with Crippen molar-refractivity contribution in [2.24, 2.45) is 0 Å². The Morgan fingerprint density at radius 1 is 1.21 bits per heavy atom. The van der Waals surface area contributed by atoms with E-state index in [0.717, 1.165) is 0 Å².